The molecule has 2 aromatic rings. The average molecular weight is 440 g/mol. The maximum atomic E-state index is 11.7. The van der Waals surface area contributed by atoms with Crippen molar-refractivity contribution in [3.63, 3.8) is 0 Å². The fourth-order valence-electron chi connectivity index (χ4n) is 4.24. The van der Waals surface area contributed by atoms with Gasteiger partial charge < -0.3 is 10.1 Å². The Morgan fingerprint density at radius 1 is 1.07 bits per heavy atom. The summed E-state index contributed by atoms with van der Waals surface area (Å²) in [4.78, 5) is 0.276. The van der Waals surface area contributed by atoms with Gasteiger partial charge in [-0.25, -0.2) is 8.42 Å². The number of fused-ring (bicyclic) bond motifs is 1. The van der Waals surface area contributed by atoms with Crippen LogP contribution in [0.25, 0.3) is 0 Å². The minimum Gasteiger partial charge on any atom is -0.484 e. The Balaban J connectivity index is 1.63. The number of nitrogens with one attached hydrogen (secondary N) is 1. The zero-order valence-electron chi connectivity index (χ0n) is 15.6. The van der Waals surface area contributed by atoms with Crippen molar-refractivity contribution in [1.82, 2.24) is 5.32 Å². The fraction of sp³-hybridized carbons (Fsp3) is 0.429. The molecule has 0 saturated heterocycles. The predicted molar refractivity (Wildman–Crippen MR) is 112 cm³/mol. The largest absolute Gasteiger partial charge is 0.484 e. The van der Waals surface area contributed by atoms with Gasteiger partial charge in [-0.1, -0.05) is 36.0 Å². The number of hydrogen-bond donors (Lipinski definition) is 1. The second kappa shape index (κ2) is 7.86. The lowest BCUT2D eigenvalue weighted by atomic mass is 10.1. The normalized spacial score (nSPS) is 22.4. The maximum absolute atomic E-state index is 11.7. The van der Waals surface area contributed by atoms with E-state index in [1.54, 1.807) is 30.3 Å². The minimum absolute atomic E-state index is 0.101. The second-order valence-electron chi connectivity index (χ2n) is 7.70. The van der Waals surface area contributed by atoms with Crippen LogP contribution in [0.2, 0.25) is 10.0 Å². The van der Waals surface area contributed by atoms with Crippen LogP contribution in [0.4, 0.5) is 0 Å². The van der Waals surface area contributed by atoms with E-state index in [0.717, 1.165) is 17.5 Å². The molecular weight excluding hydrogens is 417 g/mol. The number of halogens is 2. The molecule has 0 radical (unpaired) electrons. The van der Waals surface area contributed by atoms with E-state index >= 15 is 0 Å². The summed E-state index contributed by atoms with van der Waals surface area (Å²) in [5.74, 6) is 0.625. The van der Waals surface area contributed by atoms with Crippen molar-refractivity contribution in [3.8, 4) is 5.75 Å². The molecule has 1 fully saturated rings. The molecule has 150 valence electrons. The summed E-state index contributed by atoms with van der Waals surface area (Å²) < 4.78 is 29.7. The highest BCUT2D eigenvalue weighted by Crippen LogP contribution is 2.41. The van der Waals surface area contributed by atoms with E-state index in [0.29, 0.717) is 21.8 Å². The minimum atomic E-state index is -3.24. The van der Waals surface area contributed by atoms with Gasteiger partial charge in [-0.2, -0.15) is 0 Å². The Morgan fingerprint density at radius 2 is 1.75 bits per heavy atom. The highest BCUT2D eigenvalue weighted by Gasteiger charge is 2.37. The van der Waals surface area contributed by atoms with Gasteiger partial charge in [0.2, 0.25) is 0 Å². The van der Waals surface area contributed by atoms with E-state index in [-0.39, 0.29) is 17.0 Å². The number of benzene rings is 2. The van der Waals surface area contributed by atoms with Gasteiger partial charge in [0.05, 0.1) is 10.9 Å². The Bertz CT molecular complexity index is 970. The lowest BCUT2D eigenvalue weighted by Gasteiger charge is -2.26. The quantitative estimate of drug-likeness (QED) is 0.713. The van der Waals surface area contributed by atoms with Crippen molar-refractivity contribution in [3.05, 3.63) is 57.6 Å². The first-order chi connectivity index (χ1) is 13.3. The van der Waals surface area contributed by atoms with Crippen molar-refractivity contribution < 1.29 is 13.2 Å². The van der Waals surface area contributed by atoms with Gasteiger partial charge in [0, 0.05) is 27.9 Å². The first-order valence-electron chi connectivity index (χ1n) is 9.52. The number of hydrogen-bond acceptors (Lipinski definition) is 4. The summed E-state index contributed by atoms with van der Waals surface area (Å²) in [6, 6.07) is 10.8. The molecule has 0 spiro atoms. The fourth-order valence-corrected chi connectivity index (χ4v) is 5.45. The summed E-state index contributed by atoms with van der Waals surface area (Å²) >= 11 is 12.7. The van der Waals surface area contributed by atoms with E-state index in [9.17, 15) is 8.42 Å². The molecule has 0 aromatic heterocycles. The van der Waals surface area contributed by atoms with Crippen LogP contribution in [0.15, 0.2) is 41.3 Å². The number of sulfone groups is 1. The van der Waals surface area contributed by atoms with E-state index in [1.807, 2.05) is 6.07 Å². The van der Waals surface area contributed by atoms with Gasteiger partial charge in [0.15, 0.2) is 9.84 Å². The molecule has 0 aliphatic heterocycles. The topological polar surface area (TPSA) is 55.4 Å². The lowest BCUT2D eigenvalue weighted by Crippen LogP contribution is -2.41. The Kier molecular flexibility index (Phi) is 5.62. The van der Waals surface area contributed by atoms with Crippen molar-refractivity contribution in [2.75, 3.05) is 6.26 Å². The average Bonchev–Trinajstić information content (AvgIpc) is 3.25. The number of ether oxygens (including phenoxy) is 1. The Hall–Kier alpha value is -1.27. The molecule has 1 N–H and O–H groups in total. The van der Waals surface area contributed by atoms with Crippen LogP contribution in [0.5, 0.6) is 5.75 Å². The van der Waals surface area contributed by atoms with Crippen LogP contribution < -0.4 is 10.1 Å². The number of rotatable bonds is 5. The van der Waals surface area contributed by atoms with E-state index in [2.05, 4.69) is 5.32 Å². The standard InChI is InChI=1S/C21H23Cl2NO3S/c1-28(25,26)16-8-6-15(7-9-16)27-21-18-10-13(22)11-19(23)17(18)12-20(21)24-14-4-2-3-5-14/h6-11,14,20-21,24H,2-5,12H2,1H3/t20-,21+/m0/s1. The van der Waals surface area contributed by atoms with Crippen molar-refractivity contribution in [2.24, 2.45) is 0 Å². The van der Waals surface area contributed by atoms with E-state index in [1.165, 1.54) is 31.9 Å². The van der Waals surface area contributed by atoms with Gasteiger partial charge in [0.25, 0.3) is 0 Å². The third-order valence-corrected chi connectivity index (χ3v) is 7.29. The van der Waals surface area contributed by atoms with Crippen LogP contribution in [0.3, 0.4) is 0 Å². The highest BCUT2D eigenvalue weighted by atomic mass is 35.5. The van der Waals surface area contributed by atoms with Crippen molar-refractivity contribution in [2.45, 2.75) is 55.2 Å². The first-order valence-corrected chi connectivity index (χ1v) is 12.2. The third kappa shape index (κ3) is 4.18. The van der Waals surface area contributed by atoms with Gasteiger partial charge in [-0.15, -0.1) is 0 Å². The first kappa shape index (κ1) is 20.0. The molecule has 4 nitrogen and oxygen atoms in total. The molecule has 28 heavy (non-hydrogen) atoms. The molecule has 1 saturated carbocycles. The molecule has 0 heterocycles. The Labute approximate surface area is 176 Å². The molecule has 0 bridgehead atoms. The molecule has 2 aliphatic rings. The van der Waals surface area contributed by atoms with Crippen molar-refractivity contribution >= 4 is 33.0 Å². The molecule has 0 unspecified atom stereocenters. The van der Waals surface area contributed by atoms with Crippen LogP contribution in [-0.4, -0.2) is 26.8 Å². The van der Waals surface area contributed by atoms with Crippen LogP contribution in [-0.2, 0) is 16.3 Å². The predicted octanol–water partition coefficient (Wildman–Crippen LogP) is 4.97. The summed E-state index contributed by atoms with van der Waals surface area (Å²) in [5.41, 5.74) is 2.07. The molecule has 2 aliphatic carbocycles. The summed E-state index contributed by atoms with van der Waals surface area (Å²) in [5, 5.41) is 5.01. The third-order valence-electron chi connectivity index (χ3n) is 5.61. The zero-order chi connectivity index (χ0) is 19.9. The second-order valence-corrected chi connectivity index (χ2v) is 10.6. The summed E-state index contributed by atoms with van der Waals surface area (Å²) in [6.07, 6.45) is 6.62. The summed E-state index contributed by atoms with van der Waals surface area (Å²) in [6.45, 7) is 0. The molecule has 4 rings (SSSR count). The lowest BCUT2D eigenvalue weighted by molar-refractivity contribution is 0.160. The van der Waals surface area contributed by atoms with E-state index < -0.39 is 9.84 Å². The Morgan fingerprint density at radius 3 is 2.39 bits per heavy atom. The molecule has 0 amide bonds. The molecule has 2 atom stereocenters. The molecular formula is C21H23Cl2NO3S. The van der Waals surface area contributed by atoms with Crippen LogP contribution >= 0.6 is 23.2 Å². The smallest absolute Gasteiger partial charge is 0.175 e. The van der Waals surface area contributed by atoms with Gasteiger partial charge in [-0.05, 0) is 61.2 Å². The monoisotopic (exact) mass is 439 g/mol. The molecule has 2 aromatic carbocycles. The van der Waals surface area contributed by atoms with E-state index in [4.69, 9.17) is 27.9 Å². The highest BCUT2D eigenvalue weighted by molar-refractivity contribution is 7.90. The van der Waals surface area contributed by atoms with Gasteiger partial charge in [-0.3, -0.25) is 0 Å². The summed E-state index contributed by atoms with van der Waals surface area (Å²) in [7, 11) is -3.24. The van der Waals surface area contributed by atoms with Crippen LogP contribution in [0.1, 0.15) is 42.9 Å². The van der Waals surface area contributed by atoms with Gasteiger partial charge in [0.1, 0.15) is 11.9 Å². The van der Waals surface area contributed by atoms with Crippen LogP contribution in [0, 0.1) is 0 Å². The van der Waals surface area contributed by atoms with Gasteiger partial charge >= 0.3 is 0 Å². The SMILES string of the molecule is CS(=O)(=O)c1ccc(O[C@@H]2c3cc(Cl)cc(Cl)c3C[C@@H]2NC2CCCC2)cc1. The molecule has 7 heteroatoms. The zero-order valence-corrected chi connectivity index (χ0v) is 17.9. The maximum Gasteiger partial charge on any atom is 0.175 e. The van der Waals surface area contributed by atoms with Crippen molar-refractivity contribution in [1.29, 1.82) is 0 Å².